The normalized spacial score (nSPS) is 12.7. The van der Waals surface area contributed by atoms with E-state index in [0.29, 0.717) is 11.2 Å². The molecule has 20 heavy (non-hydrogen) atoms. The van der Waals surface area contributed by atoms with Gasteiger partial charge in [0.25, 0.3) is 0 Å². The molecular formula is C14H15F3N2O. The van der Waals surface area contributed by atoms with Crippen LogP contribution in [-0.2, 0) is 6.18 Å². The van der Waals surface area contributed by atoms with Gasteiger partial charge in [-0.1, -0.05) is 12.1 Å². The lowest BCUT2D eigenvalue weighted by atomic mass is 10.0. The summed E-state index contributed by atoms with van der Waals surface area (Å²) in [4.78, 5) is 4.07. The van der Waals surface area contributed by atoms with E-state index in [1.165, 1.54) is 18.3 Å². The molecule has 1 heterocycles. The SMILES string of the molecule is CC(C)(CO)Nc1nccc2c(C(F)(F)F)cccc12. The molecule has 0 aliphatic carbocycles. The number of nitrogens with one attached hydrogen (secondary N) is 1. The molecule has 0 unspecified atom stereocenters. The third-order valence-corrected chi connectivity index (χ3v) is 2.96. The topological polar surface area (TPSA) is 45.1 Å². The van der Waals surface area contributed by atoms with Gasteiger partial charge in [0, 0.05) is 11.6 Å². The molecule has 1 aromatic heterocycles. The van der Waals surface area contributed by atoms with E-state index >= 15 is 0 Å². The second-order valence-corrected chi connectivity index (χ2v) is 5.23. The molecule has 108 valence electrons. The number of rotatable bonds is 3. The number of halogens is 3. The third kappa shape index (κ3) is 2.85. The number of aliphatic hydroxyl groups excluding tert-OH is 1. The number of aromatic nitrogens is 1. The highest BCUT2D eigenvalue weighted by molar-refractivity contribution is 5.94. The second kappa shape index (κ2) is 4.94. The van der Waals surface area contributed by atoms with Crippen molar-refractivity contribution in [2.75, 3.05) is 11.9 Å². The van der Waals surface area contributed by atoms with Gasteiger partial charge in [-0.3, -0.25) is 0 Å². The maximum Gasteiger partial charge on any atom is 0.417 e. The average Bonchev–Trinajstić information content (AvgIpc) is 2.37. The molecule has 0 saturated carbocycles. The van der Waals surface area contributed by atoms with Crippen LogP contribution in [0.5, 0.6) is 0 Å². The van der Waals surface area contributed by atoms with Crippen molar-refractivity contribution in [1.82, 2.24) is 4.98 Å². The summed E-state index contributed by atoms with van der Waals surface area (Å²) in [7, 11) is 0. The minimum Gasteiger partial charge on any atom is -0.394 e. The van der Waals surface area contributed by atoms with Gasteiger partial charge in [-0.05, 0) is 31.4 Å². The van der Waals surface area contributed by atoms with E-state index in [-0.39, 0.29) is 12.0 Å². The first-order chi connectivity index (χ1) is 9.24. The molecule has 2 rings (SSSR count). The summed E-state index contributed by atoms with van der Waals surface area (Å²) in [5.74, 6) is 0.327. The van der Waals surface area contributed by atoms with Gasteiger partial charge in [0.2, 0.25) is 0 Å². The number of hydrogen-bond acceptors (Lipinski definition) is 3. The van der Waals surface area contributed by atoms with Crippen LogP contribution in [0.1, 0.15) is 19.4 Å². The largest absolute Gasteiger partial charge is 0.417 e. The van der Waals surface area contributed by atoms with Crippen molar-refractivity contribution in [1.29, 1.82) is 0 Å². The van der Waals surface area contributed by atoms with E-state index in [9.17, 15) is 18.3 Å². The Morgan fingerprint density at radius 1 is 1.15 bits per heavy atom. The molecule has 3 nitrogen and oxygen atoms in total. The van der Waals surface area contributed by atoms with Gasteiger partial charge in [0.05, 0.1) is 17.7 Å². The Hall–Kier alpha value is -1.82. The summed E-state index contributed by atoms with van der Waals surface area (Å²) in [6.45, 7) is 3.31. The summed E-state index contributed by atoms with van der Waals surface area (Å²) in [6, 6.07) is 5.32. The molecule has 2 aromatic rings. The van der Waals surface area contributed by atoms with Crippen LogP contribution >= 0.6 is 0 Å². The standard InChI is InChI=1S/C14H15F3N2O/c1-13(2,8-20)19-12-10-4-3-5-11(14(15,16)17)9(10)6-7-18-12/h3-7,20H,8H2,1-2H3,(H,18,19). The Morgan fingerprint density at radius 3 is 2.45 bits per heavy atom. The minimum absolute atomic E-state index is 0.0891. The molecule has 0 bridgehead atoms. The summed E-state index contributed by atoms with van der Waals surface area (Å²) >= 11 is 0. The van der Waals surface area contributed by atoms with E-state index in [0.717, 1.165) is 6.07 Å². The lowest BCUT2D eigenvalue weighted by molar-refractivity contribution is -0.136. The van der Waals surface area contributed by atoms with Gasteiger partial charge in [0.1, 0.15) is 5.82 Å². The zero-order chi connectivity index (χ0) is 15.0. The summed E-state index contributed by atoms with van der Waals surface area (Å²) < 4.78 is 38.9. The van der Waals surface area contributed by atoms with Crippen molar-refractivity contribution in [3.8, 4) is 0 Å². The minimum atomic E-state index is -4.41. The number of anilines is 1. The van der Waals surface area contributed by atoms with Crippen LogP contribution in [0.15, 0.2) is 30.5 Å². The van der Waals surface area contributed by atoms with Crippen molar-refractivity contribution >= 4 is 16.6 Å². The maximum atomic E-state index is 13.0. The Bertz CT molecular complexity index is 623. The van der Waals surface area contributed by atoms with E-state index in [1.54, 1.807) is 19.9 Å². The molecule has 0 aliphatic rings. The molecule has 6 heteroatoms. The number of aliphatic hydroxyl groups is 1. The maximum absolute atomic E-state index is 13.0. The van der Waals surface area contributed by atoms with Crippen molar-refractivity contribution < 1.29 is 18.3 Å². The fourth-order valence-electron chi connectivity index (χ4n) is 1.91. The van der Waals surface area contributed by atoms with Crippen LogP contribution < -0.4 is 5.32 Å². The molecule has 0 fully saturated rings. The highest BCUT2D eigenvalue weighted by Gasteiger charge is 2.32. The number of hydrogen-bond donors (Lipinski definition) is 2. The second-order valence-electron chi connectivity index (χ2n) is 5.23. The van der Waals surface area contributed by atoms with E-state index in [4.69, 9.17) is 0 Å². The van der Waals surface area contributed by atoms with Crippen LogP contribution in [0.3, 0.4) is 0 Å². The van der Waals surface area contributed by atoms with Crippen LogP contribution in [-0.4, -0.2) is 22.2 Å². The number of nitrogens with zero attached hydrogens (tertiary/aromatic N) is 1. The first kappa shape index (κ1) is 14.6. The molecule has 0 atom stereocenters. The van der Waals surface area contributed by atoms with Crippen LogP contribution in [0.25, 0.3) is 10.8 Å². The average molecular weight is 284 g/mol. The van der Waals surface area contributed by atoms with Gasteiger partial charge >= 0.3 is 6.18 Å². The highest BCUT2D eigenvalue weighted by Crippen LogP contribution is 2.36. The van der Waals surface area contributed by atoms with Crippen molar-refractivity contribution in [2.45, 2.75) is 25.6 Å². The van der Waals surface area contributed by atoms with E-state index in [1.807, 2.05) is 0 Å². The molecule has 2 N–H and O–H groups in total. The molecular weight excluding hydrogens is 269 g/mol. The molecule has 1 aromatic carbocycles. The van der Waals surface area contributed by atoms with Gasteiger partial charge in [-0.25, -0.2) is 4.98 Å². The molecule has 0 aliphatic heterocycles. The summed E-state index contributed by atoms with van der Waals surface area (Å²) in [6.07, 6.45) is -3.09. The Balaban J connectivity index is 2.60. The lowest BCUT2D eigenvalue weighted by Gasteiger charge is -2.25. The molecule has 0 amide bonds. The van der Waals surface area contributed by atoms with Crippen molar-refractivity contribution in [3.63, 3.8) is 0 Å². The van der Waals surface area contributed by atoms with Crippen LogP contribution in [0, 0.1) is 0 Å². The van der Waals surface area contributed by atoms with Crippen LogP contribution in [0.2, 0.25) is 0 Å². The lowest BCUT2D eigenvalue weighted by Crippen LogP contribution is -2.35. The third-order valence-electron chi connectivity index (χ3n) is 2.96. The quantitative estimate of drug-likeness (QED) is 0.907. The zero-order valence-electron chi connectivity index (χ0n) is 11.1. The summed E-state index contributed by atoms with van der Waals surface area (Å²) in [5.41, 5.74) is -1.36. The zero-order valence-corrected chi connectivity index (χ0v) is 11.1. The fraction of sp³-hybridized carbons (Fsp3) is 0.357. The van der Waals surface area contributed by atoms with Gasteiger partial charge in [0.15, 0.2) is 0 Å². The smallest absolute Gasteiger partial charge is 0.394 e. The van der Waals surface area contributed by atoms with Crippen LogP contribution in [0.4, 0.5) is 19.0 Å². The van der Waals surface area contributed by atoms with Gasteiger partial charge < -0.3 is 10.4 Å². The highest BCUT2D eigenvalue weighted by atomic mass is 19.4. The number of pyridine rings is 1. The first-order valence-corrected chi connectivity index (χ1v) is 6.08. The first-order valence-electron chi connectivity index (χ1n) is 6.08. The summed E-state index contributed by atoms with van der Waals surface area (Å²) in [5, 5.41) is 12.7. The predicted octanol–water partition coefficient (Wildman–Crippen LogP) is 3.44. The molecule has 0 saturated heterocycles. The Kier molecular flexibility index (Phi) is 3.60. The monoisotopic (exact) mass is 284 g/mol. The Morgan fingerprint density at radius 2 is 1.85 bits per heavy atom. The number of alkyl halides is 3. The van der Waals surface area contributed by atoms with E-state index in [2.05, 4.69) is 10.3 Å². The Labute approximate surface area is 114 Å². The number of fused-ring (bicyclic) bond motifs is 1. The molecule has 0 spiro atoms. The van der Waals surface area contributed by atoms with Gasteiger partial charge in [-0.2, -0.15) is 13.2 Å². The molecule has 0 radical (unpaired) electrons. The predicted molar refractivity (Wildman–Crippen MR) is 71.5 cm³/mol. The fourth-order valence-corrected chi connectivity index (χ4v) is 1.91. The van der Waals surface area contributed by atoms with Crippen molar-refractivity contribution in [2.24, 2.45) is 0 Å². The number of benzene rings is 1. The van der Waals surface area contributed by atoms with E-state index < -0.39 is 17.3 Å². The van der Waals surface area contributed by atoms with Crippen molar-refractivity contribution in [3.05, 3.63) is 36.0 Å². The van der Waals surface area contributed by atoms with Gasteiger partial charge in [-0.15, -0.1) is 0 Å².